The molecule has 1 aliphatic carbocycles. The first-order valence-corrected chi connectivity index (χ1v) is 5.88. The first-order chi connectivity index (χ1) is 8.00. The molecule has 0 amide bonds. The molecule has 2 heteroatoms. The number of carbonyl (C=O) groups excluding carboxylic acids is 1. The highest BCUT2D eigenvalue weighted by molar-refractivity contribution is 5.92. The third-order valence-electron chi connectivity index (χ3n) is 3.67. The second kappa shape index (κ2) is 4.02. The Kier molecular flexibility index (Phi) is 2.82. The number of ketones is 1. The lowest BCUT2D eigenvalue weighted by atomic mass is 9.71. The molecule has 17 heavy (non-hydrogen) atoms. The average Bonchev–Trinajstić information content (AvgIpc) is 2.33. The van der Waals surface area contributed by atoms with Crippen LogP contribution >= 0.6 is 0 Å². The van der Waals surface area contributed by atoms with Crippen molar-refractivity contribution in [1.29, 1.82) is 0 Å². The number of rotatable bonds is 2. The predicted octanol–water partition coefficient (Wildman–Crippen LogP) is 3.13. The van der Waals surface area contributed by atoms with E-state index in [1.54, 1.807) is 13.2 Å². The third-order valence-corrected chi connectivity index (χ3v) is 3.67. The van der Waals surface area contributed by atoms with E-state index in [1.807, 2.05) is 19.9 Å². The van der Waals surface area contributed by atoms with E-state index in [0.29, 0.717) is 12.2 Å². The average molecular weight is 230 g/mol. The van der Waals surface area contributed by atoms with E-state index in [2.05, 4.69) is 12.6 Å². The molecule has 1 aromatic carbocycles. The minimum absolute atomic E-state index is 0.304. The zero-order valence-corrected chi connectivity index (χ0v) is 10.7. The van der Waals surface area contributed by atoms with Crippen LogP contribution in [0, 0.1) is 0 Å². The van der Waals surface area contributed by atoms with Crippen LogP contribution in [0.4, 0.5) is 0 Å². The van der Waals surface area contributed by atoms with Crippen molar-refractivity contribution < 1.29 is 9.53 Å². The fraction of sp³-hybridized carbons (Fsp3) is 0.400. The van der Waals surface area contributed by atoms with Crippen molar-refractivity contribution in [1.82, 2.24) is 0 Å². The van der Waals surface area contributed by atoms with Gasteiger partial charge < -0.3 is 4.74 Å². The number of Topliss-reactive ketones (excluding diaryl/α,β-unsaturated/α-hetero) is 1. The summed E-state index contributed by atoms with van der Waals surface area (Å²) in [5.41, 5.74) is 2.93. The number of fused-ring (bicyclic) bond motifs is 1. The lowest BCUT2D eigenvalue weighted by molar-refractivity contribution is -0.124. The van der Waals surface area contributed by atoms with E-state index in [0.717, 1.165) is 23.3 Å². The number of methoxy groups -OCH3 is 1. The number of carbonyl (C=O) groups is 1. The highest BCUT2D eigenvalue weighted by Gasteiger charge is 2.35. The maximum absolute atomic E-state index is 12.0. The van der Waals surface area contributed by atoms with Crippen LogP contribution in [0.2, 0.25) is 0 Å². The lowest BCUT2D eigenvalue weighted by Crippen LogP contribution is -2.34. The Morgan fingerprint density at radius 1 is 1.35 bits per heavy atom. The molecule has 1 aromatic rings. The normalized spacial score (nSPS) is 17.5. The van der Waals surface area contributed by atoms with Gasteiger partial charge in [-0.1, -0.05) is 12.7 Å². The van der Waals surface area contributed by atoms with Crippen LogP contribution in [0.1, 0.15) is 37.0 Å². The van der Waals surface area contributed by atoms with Gasteiger partial charge in [-0.05, 0) is 43.5 Å². The zero-order chi connectivity index (χ0) is 12.6. The van der Waals surface area contributed by atoms with Crippen LogP contribution in [0.3, 0.4) is 0 Å². The molecule has 0 unspecified atom stereocenters. The highest BCUT2D eigenvalue weighted by atomic mass is 16.5. The van der Waals surface area contributed by atoms with Gasteiger partial charge in [0.05, 0.1) is 7.11 Å². The van der Waals surface area contributed by atoms with Gasteiger partial charge in [0.25, 0.3) is 0 Å². The number of aryl methyl sites for hydroxylation is 1. The van der Waals surface area contributed by atoms with Gasteiger partial charge in [0.2, 0.25) is 0 Å². The van der Waals surface area contributed by atoms with Crippen LogP contribution in [0.5, 0.6) is 5.75 Å². The maximum atomic E-state index is 12.0. The summed E-state index contributed by atoms with van der Waals surface area (Å²) >= 11 is 0. The first-order valence-electron chi connectivity index (χ1n) is 5.88. The quantitative estimate of drug-likeness (QED) is 0.780. The van der Waals surface area contributed by atoms with E-state index < -0.39 is 5.41 Å². The van der Waals surface area contributed by atoms with Crippen molar-refractivity contribution in [2.75, 3.05) is 7.11 Å². The van der Waals surface area contributed by atoms with Crippen molar-refractivity contribution in [3.8, 4) is 5.75 Å². The zero-order valence-electron chi connectivity index (χ0n) is 10.7. The highest BCUT2D eigenvalue weighted by Crippen LogP contribution is 2.38. The van der Waals surface area contributed by atoms with Gasteiger partial charge in [0.1, 0.15) is 11.5 Å². The van der Waals surface area contributed by atoms with E-state index >= 15 is 0 Å². The van der Waals surface area contributed by atoms with Gasteiger partial charge in [-0.3, -0.25) is 4.79 Å². The largest absolute Gasteiger partial charge is 0.496 e. The van der Waals surface area contributed by atoms with E-state index in [9.17, 15) is 4.79 Å². The Labute approximate surface area is 102 Å². The molecule has 0 aromatic heterocycles. The molecule has 0 atom stereocenters. The molecule has 2 rings (SSSR count). The van der Waals surface area contributed by atoms with E-state index in [1.165, 1.54) is 5.56 Å². The lowest BCUT2D eigenvalue weighted by Gasteiger charge is -2.31. The number of hydrogen-bond donors (Lipinski definition) is 0. The predicted molar refractivity (Wildman–Crippen MR) is 69.4 cm³/mol. The van der Waals surface area contributed by atoms with Crippen LogP contribution < -0.4 is 4.74 Å². The van der Waals surface area contributed by atoms with Gasteiger partial charge in [-0.15, -0.1) is 0 Å². The molecular weight excluding hydrogens is 212 g/mol. The van der Waals surface area contributed by atoms with Crippen molar-refractivity contribution in [3.05, 3.63) is 35.4 Å². The summed E-state index contributed by atoms with van der Waals surface area (Å²) in [5.74, 6) is 1.10. The number of hydrogen-bond acceptors (Lipinski definition) is 2. The van der Waals surface area contributed by atoms with Crippen LogP contribution in [0.25, 0.3) is 6.08 Å². The van der Waals surface area contributed by atoms with Crippen molar-refractivity contribution in [2.45, 2.75) is 32.1 Å². The van der Waals surface area contributed by atoms with Gasteiger partial charge in [0.15, 0.2) is 0 Å². The van der Waals surface area contributed by atoms with Gasteiger partial charge in [-0.2, -0.15) is 0 Å². The van der Waals surface area contributed by atoms with Crippen LogP contribution in [-0.4, -0.2) is 12.9 Å². The van der Waals surface area contributed by atoms with Crippen molar-refractivity contribution in [3.63, 3.8) is 0 Å². The Morgan fingerprint density at radius 3 is 2.65 bits per heavy atom. The Hall–Kier alpha value is -1.57. The molecule has 0 heterocycles. The molecule has 0 fully saturated rings. The number of ether oxygens (including phenoxy) is 1. The molecule has 0 radical (unpaired) electrons. The van der Waals surface area contributed by atoms with E-state index in [4.69, 9.17) is 4.74 Å². The Morgan fingerprint density at radius 2 is 2.06 bits per heavy atom. The maximum Gasteiger partial charge on any atom is 0.143 e. The van der Waals surface area contributed by atoms with Crippen molar-refractivity contribution >= 4 is 11.9 Å². The summed E-state index contributed by atoms with van der Waals surface area (Å²) < 4.78 is 5.35. The molecule has 0 saturated heterocycles. The molecule has 0 N–H and O–H groups in total. The molecule has 1 aliphatic rings. The van der Waals surface area contributed by atoms with Crippen LogP contribution in [0.15, 0.2) is 18.7 Å². The monoisotopic (exact) mass is 230 g/mol. The SMILES string of the molecule is C=Cc1cc2c(cc1OC)C(C)(C)C(=O)CC2. The summed E-state index contributed by atoms with van der Waals surface area (Å²) in [6, 6.07) is 4.08. The topological polar surface area (TPSA) is 26.3 Å². The first kappa shape index (κ1) is 11.9. The van der Waals surface area contributed by atoms with Gasteiger partial charge in [0, 0.05) is 17.4 Å². The van der Waals surface area contributed by atoms with Gasteiger partial charge in [-0.25, -0.2) is 0 Å². The second-order valence-corrected chi connectivity index (χ2v) is 5.00. The van der Waals surface area contributed by atoms with Crippen LogP contribution in [-0.2, 0) is 16.6 Å². The summed E-state index contributed by atoms with van der Waals surface area (Å²) in [6.45, 7) is 7.77. The summed E-state index contributed by atoms with van der Waals surface area (Å²) in [6.07, 6.45) is 3.24. The summed E-state index contributed by atoms with van der Waals surface area (Å²) in [4.78, 5) is 12.0. The fourth-order valence-electron chi connectivity index (χ4n) is 2.48. The van der Waals surface area contributed by atoms with Gasteiger partial charge >= 0.3 is 0 Å². The Bertz CT molecular complexity index is 484. The molecule has 0 spiro atoms. The molecule has 0 aliphatic heterocycles. The minimum atomic E-state index is -0.402. The van der Waals surface area contributed by atoms with Crippen molar-refractivity contribution in [2.24, 2.45) is 0 Å². The molecule has 90 valence electrons. The van der Waals surface area contributed by atoms with E-state index in [-0.39, 0.29) is 0 Å². The Balaban J connectivity index is 2.64. The summed E-state index contributed by atoms with van der Waals surface area (Å²) in [5, 5.41) is 0. The second-order valence-electron chi connectivity index (χ2n) is 5.00. The minimum Gasteiger partial charge on any atom is -0.496 e. The molecular formula is C15H18O2. The third kappa shape index (κ3) is 1.78. The fourth-order valence-corrected chi connectivity index (χ4v) is 2.48. The standard InChI is InChI=1S/C15H18O2/c1-5-10-8-11-6-7-14(16)15(2,3)12(11)9-13(10)17-4/h5,8-9H,1,6-7H2,2-4H3. The molecule has 0 saturated carbocycles. The molecule has 0 bridgehead atoms. The molecule has 2 nitrogen and oxygen atoms in total. The smallest absolute Gasteiger partial charge is 0.143 e. The summed E-state index contributed by atoms with van der Waals surface area (Å²) in [7, 11) is 1.65. The number of benzene rings is 1.